The lowest BCUT2D eigenvalue weighted by Gasteiger charge is -2.10. The van der Waals surface area contributed by atoms with E-state index < -0.39 is 10.1 Å². The number of aryl methyl sites for hydroxylation is 2. The van der Waals surface area contributed by atoms with Crippen LogP contribution in [0.4, 0.5) is 0 Å². The predicted octanol–water partition coefficient (Wildman–Crippen LogP) is 2.94. The largest absolute Gasteiger partial charge is 0.378 e. The van der Waals surface area contributed by atoms with Crippen LogP contribution < -0.4 is 4.18 Å². The fourth-order valence-corrected chi connectivity index (χ4v) is 3.04. The van der Waals surface area contributed by atoms with Gasteiger partial charge in [0.15, 0.2) is 5.75 Å². The molecule has 0 radical (unpaired) electrons. The molecule has 0 atom stereocenters. The van der Waals surface area contributed by atoms with Crippen molar-refractivity contribution in [3.63, 3.8) is 0 Å². The van der Waals surface area contributed by atoms with Crippen LogP contribution in [0.2, 0.25) is 0 Å². The molecule has 2 aromatic rings. The molecular formula is C15H13NO3S. The van der Waals surface area contributed by atoms with E-state index in [-0.39, 0.29) is 16.2 Å². The van der Waals surface area contributed by atoms with Gasteiger partial charge in [0.25, 0.3) is 0 Å². The number of benzene rings is 2. The number of nitrogens with zero attached hydrogens (tertiary/aromatic N) is 1. The molecule has 2 rings (SSSR count). The summed E-state index contributed by atoms with van der Waals surface area (Å²) in [5, 5.41) is 8.96. The minimum atomic E-state index is -3.95. The van der Waals surface area contributed by atoms with Gasteiger partial charge in [-0.1, -0.05) is 24.3 Å². The van der Waals surface area contributed by atoms with Crippen LogP contribution in [0.1, 0.15) is 16.7 Å². The first-order chi connectivity index (χ1) is 9.44. The summed E-state index contributed by atoms with van der Waals surface area (Å²) in [6, 6.07) is 13.3. The molecule has 0 saturated heterocycles. The second kappa shape index (κ2) is 5.35. The molecule has 0 aliphatic carbocycles. The van der Waals surface area contributed by atoms with Crippen LogP contribution in [0, 0.1) is 25.2 Å². The fourth-order valence-electron chi connectivity index (χ4n) is 1.77. The SMILES string of the molecule is Cc1ccc(C)c(S(=O)(=O)Oc2ccccc2C#N)c1. The van der Waals surface area contributed by atoms with Crippen LogP contribution in [0.5, 0.6) is 5.75 Å². The molecule has 0 N–H and O–H groups in total. The van der Waals surface area contributed by atoms with Gasteiger partial charge in [-0.3, -0.25) is 0 Å². The van der Waals surface area contributed by atoms with Crippen LogP contribution in [-0.2, 0) is 10.1 Å². The van der Waals surface area contributed by atoms with Gasteiger partial charge in [-0.2, -0.15) is 13.7 Å². The fraction of sp³-hybridized carbons (Fsp3) is 0.133. The maximum absolute atomic E-state index is 12.3. The second-order valence-electron chi connectivity index (χ2n) is 4.41. The number of nitriles is 1. The van der Waals surface area contributed by atoms with E-state index in [0.29, 0.717) is 5.56 Å². The molecule has 0 aliphatic heterocycles. The third kappa shape index (κ3) is 2.81. The lowest BCUT2D eigenvalue weighted by molar-refractivity contribution is 0.484. The van der Waals surface area contributed by atoms with Crippen molar-refractivity contribution in [3.05, 3.63) is 59.2 Å². The molecule has 0 heterocycles. The van der Waals surface area contributed by atoms with Gasteiger partial charge in [0.05, 0.1) is 5.56 Å². The predicted molar refractivity (Wildman–Crippen MR) is 74.9 cm³/mol. The lowest BCUT2D eigenvalue weighted by atomic mass is 10.2. The molecule has 0 amide bonds. The number of hydrogen-bond donors (Lipinski definition) is 0. The van der Waals surface area contributed by atoms with Gasteiger partial charge < -0.3 is 4.18 Å². The van der Waals surface area contributed by atoms with Crippen molar-refractivity contribution in [2.45, 2.75) is 18.7 Å². The van der Waals surface area contributed by atoms with Gasteiger partial charge in [-0.15, -0.1) is 0 Å². The van der Waals surface area contributed by atoms with Gasteiger partial charge in [-0.25, -0.2) is 0 Å². The van der Waals surface area contributed by atoms with Crippen molar-refractivity contribution >= 4 is 10.1 Å². The summed E-state index contributed by atoms with van der Waals surface area (Å²) in [4.78, 5) is 0.116. The van der Waals surface area contributed by atoms with Crippen molar-refractivity contribution in [3.8, 4) is 11.8 Å². The van der Waals surface area contributed by atoms with Crippen LogP contribution in [0.15, 0.2) is 47.4 Å². The third-order valence-electron chi connectivity index (χ3n) is 2.82. The van der Waals surface area contributed by atoms with Crippen LogP contribution in [-0.4, -0.2) is 8.42 Å². The zero-order chi connectivity index (χ0) is 14.8. The summed E-state index contributed by atoms with van der Waals surface area (Å²) >= 11 is 0. The standard InChI is InChI=1S/C15H13NO3S/c1-11-7-8-12(2)15(9-11)20(17,18)19-14-6-4-3-5-13(14)10-16/h3-9H,1-2H3. The Hall–Kier alpha value is -2.32. The van der Waals surface area contributed by atoms with E-state index >= 15 is 0 Å². The van der Waals surface area contributed by atoms with E-state index in [1.807, 2.05) is 19.1 Å². The molecule has 20 heavy (non-hydrogen) atoms. The zero-order valence-electron chi connectivity index (χ0n) is 11.1. The minimum Gasteiger partial charge on any atom is -0.378 e. The van der Waals surface area contributed by atoms with E-state index in [4.69, 9.17) is 9.44 Å². The van der Waals surface area contributed by atoms with Crippen molar-refractivity contribution in [1.82, 2.24) is 0 Å². The van der Waals surface area contributed by atoms with Gasteiger partial charge in [0.1, 0.15) is 11.0 Å². The number of para-hydroxylation sites is 1. The summed E-state index contributed by atoms with van der Waals surface area (Å²) in [6.07, 6.45) is 0. The Morgan fingerprint density at radius 3 is 2.50 bits per heavy atom. The summed E-state index contributed by atoms with van der Waals surface area (Å²) < 4.78 is 29.7. The average molecular weight is 287 g/mol. The Morgan fingerprint density at radius 2 is 1.80 bits per heavy atom. The minimum absolute atomic E-state index is 0.0379. The monoisotopic (exact) mass is 287 g/mol. The topological polar surface area (TPSA) is 67.2 Å². The summed E-state index contributed by atoms with van der Waals surface area (Å²) in [5.41, 5.74) is 1.61. The maximum Gasteiger partial charge on any atom is 0.339 e. The molecule has 0 saturated carbocycles. The molecule has 5 heteroatoms. The smallest absolute Gasteiger partial charge is 0.339 e. The first-order valence-electron chi connectivity index (χ1n) is 5.95. The molecular weight excluding hydrogens is 274 g/mol. The molecule has 0 aliphatic rings. The summed E-state index contributed by atoms with van der Waals surface area (Å²) in [7, 11) is -3.95. The van der Waals surface area contributed by atoms with Crippen molar-refractivity contribution in [2.75, 3.05) is 0 Å². The molecule has 2 aromatic carbocycles. The maximum atomic E-state index is 12.3. The Balaban J connectivity index is 2.47. The van der Waals surface area contributed by atoms with Crippen molar-refractivity contribution in [2.24, 2.45) is 0 Å². The molecule has 0 aromatic heterocycles. The first-order valence-corrected chi connectivity index (χ1v) is 7.36. The van der Waals surface area contributed by atoms with E-state index in [1.165, 1.54) is 12.1 Å². The van der Waals surface area contributed by atoms with E-state index in [0.717, 1.165) is 5.56 Å². The van der Waals surface area contributed by atoms with Gasteiger partial charge in [0, 0.05) is 0 Å². The summed E-state index contributed by atoms with van der Waals surface area (Å²) in [5.74, 6) is 0.0379. The molecule has 4 nitrogen and oxygen atoms in total. The zero-order valence-corrected chi connectivity index (χ0v) is 11.9. The molecule has 0 spiro atoms. The van der Waals surface area contributed by atoms with Crippen molar-refractivity contribution in [1.29, 1.82) is 5.26 Å². The molecule has 0 bridgehead atoms. The van der Waals surface area contributed by atoms with Crippen LogP contribution >= 0.6 is 0 Å². The normalized spacial score (nSPS) is 10.8. The average Bonchev–Trinajstić information content (AvgIpc) is 2.41. The molecule has 0 unspecified atom stereocenters. The number of hydrogen-bond acceptors (Lipinski definition) is 4. The molecule has 102 valence electrons. The van der Waals surface area contributed by atoms with Gasteiger partial charge >= 0.3 is 10.1 Å². The Kier molecular flexibility index (Phi) is 3.77. The van der Waals surface area contributed by atoms with Crippen molar-refractivity contribution < 1.29 is 12.6 Å². The highest BCUT2D eigenvalue weighted by molar-refractivity contribution is 7.87. The van der Waals surface area contributed by atoms with Gasteiger partial charge in [0.2, 0.25) is 0 Å². The Morgan fingerprint density at radius 1 is 1.10 bits per heavy atom. The second-order valence-corrected chi connectivity index (χ2v) is 5.93. The number of rotatable bonds is 3. The highest BCUT2D eigenvalue weighted by Crippen LogP contribution is 2.24. The Bertz CT molecular complexity index is 789. The third-order valence-corrected chi connectivity index (χ3v) is 4.20. The quantitative estimate of drug-likeness (QED) is 0.814. The van der Waals surface area contributed by atoms with Crippen LogP contribution in [0.3, 0.4) is 0 Å². The van der Waals surface area contributed by atoms with E-state index in [2.05, 4.69) is 0 Å². The molecule has 0 fully saturated rings. The van der Waals surface area contributed by atoms with E-state index in [9.17, 15) is 8.42 Å². The highest BCUT2D eigenvalue weighted by Gasteiger charge is 2.20. The lowest BCUT2D eigenvalue weighted by Crippen LogP contribution is -2.12. The summed E-state index contributed by atoms with van der Waals surface area (Å²) in [6.45, 7) is 3.51. The van der Waals surface area contributed by atoms with Crippen LogP contribution in [0.25, 0.3) is 0 Å². The highest BCUT2D eigenvalue weighted by atomic mass is 32.2. The van der Waals surface area contributed by atoms with Gasteiger partial charge in [-0.05, 0) is 43.2 Å². The first kappa shape index (κ1) is 14.1. The van der Waals surface area contributed by atoms with E-state index in [1.54, 1.807) is 31.2 Å². The Labute approximate surface area is 118 Å².